The lowest BCUT2D eigenvalue weighted by molar-refractivity contribution is 0.102. The second kappa shape index (κ2) is 5.75. The maximum Gasteiger partial charge on any atom is 0.266 e. The van der Waals surface area contributed by atoms with Gasteiger partial charge < -0.3 is 19.8 Å². The lowest BCUT2D eigenvalue weighted by atomic mass is 10.1. The molecule has 0 radical (unpaired) electrons. The molecule has 1 heterocycles. The molecule has 0 bridgehead atoms. The highest BCUT2D eigenvalue weighted by atomic mass is 32.1. The van der Waals surface area contributed by atoms with Crippen LogP contribution in [0.25, 0.3) is 11.1 Å². The number of hydrogen-bond acceptors (Lipinski definition) is 4. The van der Waals surface area contributed by atoms with Crippen LogP contribution in [0.4, 0.5) is 5.69 Å². The molecule has 5 nitrogen and oxygen atoms in total. The molecule has 1 unspecified atom stereocenters. The fourth-order valence-electron chi connectivity index (χ4n) is 2.26. The molecule has 3 N–H and O–H groups in total. The second-order valence-corrected chi connectivity index (χ2v) is 5.31. The first-order valence-corrected chi connectivity index (χ1v) is 7.16. The first kappa shape index (κ1) is 14.5. The summed E-state index contributed by atoms with van der Waals surface area (Å²) in [6, 6.07) is 12.2. The Kier molecular flexibility index (Phi) is 3.79. The Morgan fingerprint density at radius 1 is 1.32 bits per heavy atom. The summed E-state index contributed by atoms with van der Waals surface area (Å²) in [6.07, 6.45) is -0.665. The predicted octanol–water partition coefficient (Wildman–Crippen LogP) is 3.80. The average molecular weight is 314 g/mol. The van der Waals surface area contributed by atoms with Crippen LogP contribution in [0.3, 0.4) is 0 Å². The molecule has 3 rings (SSSR count). The smallest absolute Gasteiger partial charge is 0.266 e. The van der Waals surface area contributed by atoms with Gasteiger partial charge in [-0.25, -0.2) is 0 Å². The fourth-order valence-corrected chi connectivity index (χ4v) is 2.46. The van der Waals surface area contributed by atoms with Crippen LogP contribution < -0.4 is 5.32 Å². The molecule has 0 aliphatic rings. The summed E-state index contributed by atoms with van der Waals surface area (Å²) in [5, 5.41) is 12.6. The first-order chi connectivity index (χ1) is 10.5. The van der Waals surface area contributed by atoms with E-state index in [1.165, 1.54) is 0 Å². The molecule has 3 aromatic rings. The summed E-state index contributed by atoms with van der Waals surface area (Å²) in [7, 11) is 0. The van der Waals surface area contributed by atoms with Gasteiger partial charge >= 0.3 is 0 Å². The summed E-state index contributed by atoms with van der Waals surface area (Å²) in [5.74, 6) is -0.280. The fraction of sp³-hybridized carbons (Fsp3) is 0.125. The third-order valence-electron chi connectivity index (χ3n) is 3.34. The zero-order valence-corrected chi connectivity index (χ0v) is 12.6. The number of carbonyl (C=O) groups excluding carboxylic acids is 1. The lowest BCUT2D eigenvalue weighted by Crippen LogP contribution is -2.13. The molecule has 6 heteroatoms. The lowest BCUT2D eigenvalue weighted by Gasteiger charge is -2.12. The molecule has 0 saturated carbocycles. The molecule has 0 aliphatic carbocycles. The van der Waals surface area contributed by atoms with E-state index < -0.39 is 6.10 Å². The van der Waals surface area contributed by atoms with E-state index in [1.54, 1.807) is 43.3 Å². The van der Waals surface area contributed by atoms with Gasteiger partial charge in [-0.1, -0.05) is 18.2 Å². The standard InChI is InChI=1S/C16H14N2O3S/c1-9(19)11-4-2-3-5-12(11)17-15(20)10-6-7-13-14(8-10)21-16(22)18-13/h2-9,19H,1H3,(H,17,20)(H,18,22). The van der Waals surface area contributed by atoms with E-state index in [4.69, 9.17) is 16.6 Å². The average Bonchev–Trinajstić information content (AvgIpc) is 2.86. The maximum atomic E-state index is 12.4. The Labute approximate surface area is 131 Å². The third kappa shape index (κ3) is 2.79. The number of para-hydroxylation sites is 1. The van der Waals surface area contributed by atoms with Crippen LogP contribution in [0.2, 0.25) is 0 Å². The van der Waals surface area contributed by atoms with Crippen LogP contribution in [0.1, 0.15) is 28.9 Å². The van der Waals surface area contributed by atoms with Crippen LogP contribution >= 0.6 is 12.2 Å². The van der Waals surface area contributed by atoms with Gasteiger partial charge in [-0.3, -0.25) is 4.79 Å². The molecule has 22 heavy (non-hydrogen) atoms. The highest BCUT2D eigenvalue weighted by molar-refractivity contribution is 7.71. The van der Waals surface area contributed by atoms with Crippen LogP contribution in [-0.4, -0.2) is 16.0 Å². The maximum absolute atomic E-state index is 12.4. The number of carbonyl (C=O) groups is 1. The molecule has 0 fully saturated rings. The van der Waals surface area contributed by atoms with Crippen LogP contribution in [0.15, 0.2) is 46.9 Å². The predicted molar refractivity (Wildman–Crippen MR) is 86.4 cm³/mol. The molecule has 112 valence electrons. The van der Waals surface area contributed by atoms with Gasteiger partial charge in [0.05, 0.1) is 11.6 Å². The Bertz CT molecular complexity index is 896. The number of aromatic nitrogens is 1. The minimum atomic E-state index is -0.665. The molecule has 1 amide bonds. The molecule has 0 spiro atoms. The monoisotopic (exact) mass is 314 g/mol. The number of anilines is 1. The van der Waals surface area contributed by atoms with Gasteiger partial charge in [-0.05, 0) is 43.4 Å². The summed E-state index contributed by atoms with van der Waals surface area (Å²) in [5.41, 5.74) is 2.96. The largest absolute Gasteiger partial charge is 0.429 e. The molecule has 2 aromatic carbocycles. The second-order valence-electron chi connectivity index (χ2n) is 4.94. The summed E-state index contributed by atoms with van der Waals surface area (Å²) >= 11 is 4.92. The highest BCUT2D eigenvalue weighted by Crippen LogP contribution is 2.23. The Morgan fingerprint density at radius 3 is 2.86 bits per heavy atom. The van der Waals surface area contributed by atoms with E-state index in [0.717, 1.165) is 5.52 Å². The molecule has 1 aromatic heterocycles. The number of benzene rings is 2. The zero-order valence-electron chi connectivity index (χ0n) is 11.8. The van der Waals surface area contributed by atoms with E-state index in [2.05, 4.69) is 10.3 Å². The highest BCUT2D eigenvalue weighted by Gasteiger charge is 2.12. The molecular formula is C16H14N2O3S. The summed E-state index contributed by atoms with van der Waals surface area (Å²) in [6.45, 7) is 1.65. The third-order valence-corrected chi connectivity index (χ3v) is 3.53. The van der Waals surface area contributed by atoms with Crippen molar-refractivity contribution in [2.75, 3.05) is 5.32 Å². The number of nitrogens with one attached hydrogen (secondary N) is 2. The number of hydrogen-bond donors (Lipinski definition) is 3. The SMILES string of the molecule is CC(O)c1ccccc1NC(=O)c1ccc2[nH]c(=S)oc2c1. The number of fused-ring (bicyclic) bond motifs is 1. The van der Waals surface area contributed by atoms with E-state index in [9.17, 15) is 9.90 Å². The topological polar surface area (TPSA) is 78.3 Å². The first-order valence-electron chi connectivity index (χ1n) is 6.76. The van der Waals surface area contributed by atoms with Crippen molar-refractivity contribution in [3.8, 4) is 0 Å². The van der Waals surface area contributed by atoms with Gasteiger partial charge in [0.1, 0.15) is 0 Å². The van der Waals surface area contributed by atoms with Gasteiger partial charge in [0.2, 0.25) is 0 Å². The van der Waals surface area contributed by atoms with Crippen molar-refractivity contribution >= 4 is 34.9 Å². The molecule has 1 atom stereocenters. The van der Waals surface area contributed by atoms with Crippen LogP contribution in [0, 0.1) is 4.84 Å². The minimum absolute atomic E-state index is 0.270. The van der Waals surface area contributed by atoms with Gasteiger partial charge in [-0.15, -0.1) is 0 Å². The number of aliphatic hydroxyl groups is 1. The molecular weight excluding hydrogens is 300 g/mol. The number of amides is 1. The van der Waals surface area contributed by atoms with Gasteiger partial charge in [0.15, 0.2) is 5.58 Å². The van der Waals surface area contributed by atoms with E-state index in [0.29, 0.717) is 22.4 Å². The minimum Gasteiger partial charge on any atom is -0.429 e. The normalized spacial score (nSPS) is 12.3. The summed E-state index contributed by atoms with van der Waals surface area (Å²) in [4.78, 5) is 15.5. The van der Waals surface area contributed by atoms with Crippen molar-refractivity contribution in [3.63, 3.8) is 0 Å². The van der Waals surface area contributed by atoms with Crippen LogP contribution in [-0.2, 0) is 0 Å². The van der Waals surface area contributed by atoms with Crippen molar-refractivity contribution in [3.05, 3.63) is 58.4 Å². The number of rotatable bonds is 3. The van der Waals surface area contributed by atoms with Gasteiger partial charge in [0.25, 0.3) is 10.7 Å². The number of aromatic amines is 1. The quantitative estimate of drug-likeness (QED) is 0.643. The number of aliphatic hydroxyl groups excluding tert-OH is 1. The molecule has 0 saturated heterocycles. The van der Waals surface area contributed by atoms with E-state index in [-0.39, 0.29) is 10.7 Å². The van der Waals surface area contributed by atoms with Crippen molar-refractivity contribution in [2.24, 2.45) is 0 Å². The van der Waals surface area contributed by atoms with E-state index >= 15 is 0 Å². The van der Waals surface area contributed by atoms with Crippen molar-refractivity contribution in [2.45, 2.75) is 13.0 Å². The Balaban J connectivity index is 1.91. The van der Waals surface area contributed by atoms with E-state index in [1.807, 2.05) is 6.07 Å². The van der Waals surface area contributed by atoms with Crippen LogP contribution in [0.5, 0.6) is 0 Å². The number of H-pyrrole nitrogens is 1. The number of oxazole rings is 1. The molecule has 0 aliphatic heterocycles. The van der Waals surface area contributed by atoms with Crippen molar-refractivity contribution in [1.29, 1.82) is 0 Å². The Hall–Kier alpha value is -2.44. The zero-order chi connectivity index (χ0) is 15.7. The van der Waals surface area contributed by atoms with Crippen molar-refractivity contribution < 1.29 is 14.3 Å². The van der Waals surface area contributed by atoms with Gasteiger partial charge in [0, 0.05) is 16.8 Å². The van der Waals surface area contributed by atoms with Crippen molar-refractivity contribution in [1.82, 2.24) is 4.98 Å². The Morgan fingerprint density at radius 2 is 2.09 bits per heavy atom. The summed E-state index contributed by atoms with van der Waals surface area (Å²) < 4.78 is 5.31. The van der Waals surface area contributed by atoms with Gasteiger partial charge in [-0.2, -0.15) is 0 Å².